The van der Waals surface area contributed by atoms with E-state index < -0.39 is 12.0 Å². The molecular weight excluding hydrogens is 344 g/mol. The van der Waals surface area contributed by atoms with Gasteiger partial charge in [-0.2, -0.15) is 0 Å². The van der Waals surface area contributed by atoms with E-state index in [2.05, 4.69) is 5.32 Å². The quantitative estimate of drug-likeness (QED) is 0.461. The molecule has 0 aliphatic heterocycles. The highest BCUT2D eigenvalue weighted by molar-refractivity contribution is 8.13. The molecule has 0 radical (unpaired) electrons. The molecule has 8 heteroatoms. The van der Waals surface area contributed by atoms with E-state index in [-0.39, 0.29) is 41.1 Å². The lowest BCUT2D eigenvalue weighted by Crippen LogP contribution is -2.51. The third-order valence-electron chi connectivity index (χ3n) is 3.28. The maximum atomic E-state index is 12.5. The number of nitrogens with one attached hydrogen (secondary N) is 1. The summed E-state index contributed by atoms with van der Waals surface area (Å²) in [6.07, 6.45) is -0.639. The summed E-state index contributed by atoms with van der Waals surface area (Å²) in [7, 11) is 0. The van der Waals surface area contributed by atoms with Crippen LogP contribution in [0.25, 0.3) is 0 Å². The van der Waals surface area contributed by atoms with Crippen LogP contribution in [0.2, 0.25) is 0 Å². The molecule has 0 saturated heterocycles. The summed E-state index contributed by atoms with van der Waals surface area (Å²) >= 11 is 0.858. The Morgan fingerprint density at radius 2 is 1.60 bits per heavy atom. The predicted octanol–water partition coefficient (Wildman–Crippen LogP) is 1.60. The molecule has 0 heterocycles. The second-order valence-corrected chi connectivity index (χ2v) is 7.20. The number of esters is 1. The van der Waals surface area contributed by atoms with Gasteiger partial charge in [0.15, 0.2) is 5.12 Å². The number of ether oxygens (including phenoxy) is 1. The summed E-state index contributed by atoms with van der Waals surface area (Å²) in [6.45, 7) is 11.6. The molecule has 1 unspecified atom stereocenters. The van der Waals surface area contributed by atoms with Crippen molar-refractivity contribution in [3.8, 4) is 0 Å². The van der Waals surface area contributed by atoms with E-state index in [1.54, 1.807) is 32.6 Å². The Balaban J connectivity index is 4.82. The second-order valence-electron chi connectivity index (χ2n) is 6.12. The van der Waals surface area contributed by atoms with Crippen molar-refractivity contribution >= 4 is 34.7 Å². The average Bonchev–Trinajstić information content (AvgIpc) is 2.50. The van der Waals surface area contributed by atoms with Gasteiger partial charge in [-0.15, -0.1) is 0 Å². The molecule has 0 rings (SSSR count). The number of thioether (sulfide) groups is 1. The molecule has 144 valence electrons. The number of hydrogen-bond donors (Lipinski definition) is 1. The number of amides is 2. The molecule has 0 aliphatic carbocycles. The normalized spacial score (nSPS) is 12.0. The molecule has 0 fully saturated rings. The van der Waals surface area contributed by atoms with Gasteiger partial charge in [0, 0.05) is 24.8 Å². The van der Waals surface area contributed by atoms with Crippen LogP contribution in [0, 0.1) is 5.92 Å². The second kappa shape index (κ2) is 11.9. The topological polar surface area (TPSA) is 92.8 Å². The first-order chi connectivity index (χ1) is 11.6. The van der Waals surface area contributed by atoms with Gasteiger partial charge in [-0.1, -0.05) is 25.6 Å². The lowest BCUT2D eigenvalue weighted by molar-refractivity contribution is -0.148. The van der Waals surface area contributed by atoms with Gasteiger partial charge in [-0.25, -0.2) is 0 Å². The van der Waals surface area contributed by atoms with E-state index in [4.69, 9.17) is 4.74 Å². The van der Waals surface area contributed by atoms with Crippen LogP contribution in [0.5, 0.6) is 0 Å². The Labute approximate surface area is 154 Å². The van der Waals surface area contributed by atoms with Crippen LogP contribution in [-0.2, 0) is 23.9 Å². The smallest absolute Gasteiger partial charge is 0.314 e. The maximum Gasteiger partial charge on any atom is 0.314 e. The first kappa shape index (κ1) is 23.4. The van der Waals surface area contributed by atoms with Gasteiger partial charge < -0.3 is 15.0 Å². The number of carbonyl (C=O) groups excluding carboxylic acids is 4. The van der Waals surface area contributed by atoms with Crippen molar-refractivity contribution in [1.29, 1.82) is 0 Å². The zero-order valence-corrected chi connectivity index (χ0v) is 16.8. The van der Waals surface area contributed by atoms with Crippen LogP contribution in [0.15, 0.2) is 0 Å². The van der Waals surface area contributed by atoms with Crippen LogP contribution in [0.1, 0.15) is 48.0 Å². The van der Waals surface area contributed by atoms with Crippen LogP contribution < -0.4 is 5.32 Å². The van der Waals surface area contributed by atoms with Gasteiger partial charge in [0.2, 0.25) is 11.8 Å². The molecule has 0 saturated carbocycles. The zero-order valence-electron chi connectivity index (χ0n) is 16.0. The molecule has 0 spiro atoms. The standard InChI is InChI=1S/C17H30N2O5S/c1-7-19(8-2)17(23)13(18-16(22)11(3)4)10-25-15(21)9-14(20)24-12(5)6/h11-13H,7-10H2,1-6H3,(H,18,22). The summed E-state index contributed by atoms with van der Waals surface area (Å²) in [4.78, 5) is 49.5. The first-order valence-corrected chi connectivity index (χ1v) is 9.55. The minimum Gasteiger partial charge on any atom is -0.463 e. The van der Waals surface area contributed by atoms with Crippen molar-refractivity contribution < 1.29 is 23.9 Å². The van der Waals surface area contributed by atoms with E-state index >= 15 is 0 Å². The highest BCUT2D eigenvalue weighted by atomic mass is 32.2. The molecule has 0 aliphatic rings. The van der Waals surface area contributed by atoms with E-state index in [9.17, 15) is 19.2 Å². The van der Waals surface area contributed by atoms with Crippen molar-refractivity contribution in [1.82, 2.24) is 10.2 Å². The monoisotopic (exact) mass is 374 g/mol. The summed E-state index contributed by atoms with van der Waals surface area (Å²) < 4.78 is 4.93. The molecule has 0 aromatic heterocycles. The van der Waals surface area contributed by atoms with Gasteiger partial charge in [-0.3, -0.25) is 19.2 Å². The number of nitrogens with zero attached hydrogens (tertiary/aromatic N) is 1. The summed E-state index contributed by atoms with van der Waals surface area (Å²) in [6, 6.07) is -0.801. The maximum absolute atomic E-state index is 12.5. The third kappa shape index (κ3) is 9.48. The lowest BCUT2D eigenvalue weighted by Gasteiger charge is -2.26. The Bertz CT molecular complexity index is 476. The predicted molar refractivity (Wildman–Crippen MR) is 98.0 cm³/mol. The molecule has 1 atom stereocenters. The molecule has 0 aromatic carbocycles. The fourth-order valence-electron chi connectivity index (χ4n) is 1.92. The fourth-order valence-corrected chi connectivity index (χ4v) is 2.72. The summed E-state index contributed by atoms with van der Waals surface area (Å²) in [5, 5.41) is 2.30. The summed E-state index contributed by atoms with van der Waals surface area (Å²) in [5.74, 6) is -1.26. The van der Waals surface area contributed by atoms with Gasteiger partial charge in [0.1, 0.15) is 12.5 Å². The van der Waals surface area contributed by atoms with Crippen molar-refractivity contribution in [2.24, 2.45) is 5.92 Å². The molecular formula is C17H30N2O5S. The highest BCUT2D eigenvalue weighted by Crippen LogP contribution is 2.11. The van der Waals surface area contributed by atoms with Crippen molar-refractivity contribution in [3.63, 3.8) is 0 Å². The van der Waals surface area contributed by atoms with E-state index in [0.717, 1.165) is 11.8 Å². The largest absolute Gasteiger partial charge is 0.463 e. The molecule has 0 aromatic rings. The van der Waals surface area contributed by atoms with Crippen molar-refractivity contribution in [3.05, 3.63) is 0 Å². The number of hydrogen-bond acceptors (Lipinski definition) is 6. The molecule has 25 heavy (non-hydrogen) atoms. The zero-order chi connectivity index (χ0) is 19.6. The minimum atomic E-state index is -0.801. The van der Waals surface area contributed by atoms with E-state index in [0.29, 0.717) is 13.1 Å². The number of carbonyl (C=O) groups is 4. The Kier molecular flexibility index (Phi) is 11.1. The van der Waals surface area contributed by atoms with Crippen molar-refractivity contribution in [2.75, 3.05) is 18.8 Å². The fraction of sp³-hybridized carbons (Fsp3) is 0.765. The Morgan fingerprint density at radius 1 is 1.04 bits per heavy atom. The molecule has 2 amide bonds. The third-order valence-corrected chi connectivity index (χ3v) is 4.25. The number of likely N-dealkylation sites (N-methyl/N-ethyl adjacent to an activating group) is 1. The van der Waals surface area contributed by atoms with Gasteiger partial charge >= 0.3 is 5.97 Å². The van der Waals surface area contributed by atoms with Crippen molar-refractivity contribution in [2.45, 2.75) is 60.1 Å². The highest BCUT2D eigenvalue weighted by Gasteiger charge is 2.27. The van der Waals surface area contributed by atoms with E-state index in [1.165, 1.54) is 0 Å². The van der Waals surface area contributed by atoms with Gasteiger partial charge in [0.05, 0.1) is 6.10 Å². The van der Waals surface area contributed by atoms with Crippen LogP contribution in [-0.4, -0.2) is 58.8 Å². The average molecular weight is 375 g/mol. The number of rotatable bonds is 10. The summed E-state index contributed by atoms with van der Waals surface area (Å²) in [5.41, 5.74) is 0. The Morgan fingerprint density at radius 3 is 2.04 bits per heavy atom. The minimum absolute atomic E-state index is 0.0849. The van der Waals surface area contributed by atoms with E-state index in [1.807, 2.05) is 13.8 Å². The first-order valence-electron chi connectivity index (χ1n) is 8.56. The molecule has 0 bridgehead atoms. The van der Waals surface area contributed by atoms with Crippen LogP contribution >= 0.6 is 11.8 Å². The Hall–Kier alpha value is -1.57. The molecule has 7 nitrogen and oxygen atoms in total. The SMILES string of the molecule is CCN(CC)C(=O)C(CSC(=O)CC(=O)OC(C)C)NC(=O)C(C)C. The lowest BCUT2D eigenvalue weighted by atomic mass is 10.2. The van der Waals surface area contributed by atoms with Crippen LogP contribution in [0.3, 0.4) is 0 Å². The van der Waals surface area contributed by atoms with Gasteiger partial charge in [-0.05, 0) is 27.7 Å². The molecule has 1 N–H and O–H groups in total. The van der Waals surface area contributed by atoms with Crippen LogP contribution in [0.4, 0.5) is 0 Å². The van der Waals surface area contributed by atoms with Gasteiger partial charge in [0.25, 0.3) is 0 Å².